The standard InChI is InChI=1S/C12H18BN3O3/c1-9-5-3-8-16(12(9)18)14-11(17)10-6-4-7-15(10)13(2)19/h3,5,8,10,19H,4,6-7H2,1-2H3,(H,14,17). The van der Waals surface area contributed by atoms with Crippen molar-refractivity contribution >= 4 is 13.0 Å². The fourth-order valence-corrected chi connectivity index (χ4v) is 2.40. The predicted molar refractivity (Wildman–Crippen MR) is 73.4 cm³/mol. The zero-order chi connectivity index (χ0) is 14.0. The van der Waals surface area contributed by atoms with Crippen LogP contribution in [0.4, 0.5) is 0 Å². The van der Waals surface area contributed by atoms with Crippen LogP contribution in [0.3, 0.4) is 0 Å². The summed E-state index contributed by atoms with van der Waals surface area (Å²) in [7, 11) is -0.660. The summed E-state index contributed by atoms with van der Waals surface area (Å²) in [4.78, 5) is 25.7. The summed E-state index contributed by atoms with van der Waals surface area (Å²) in [5.74, 6) is -0.258. The van der Waals surface area contributed by atoms with Crippen LogP contribution >= 0.6 is 0 Å². The molecule has 19 heavy (non-hydrogen) atoms. The molecule has 1 atom stereocenters. The summed E-state index contributed by atoms with van der Waals surface area (Å²) in [6.07, 6.45) is 3.08. The SMILES string of the molecule is CB(O)N1CCCC1C(=O)Nn1cccc(C)c1=O. The van der Waals surface area contributed by atoms with Crippen molar-refractivity contribution in [1.29, 1.82) is 0 Å². The third kappa shape index (κ3) is 2.88. The summed E-state index contributed by atoms with van der Waals surface area (Å²) >= 11 is 0. The highest BCUT2D eigenvalue weighted by molar-refractivity contribution is 6.45. The highest BCUT2D eigenvalue weighted by Gasteiger charge is 2.35. The molecule has 1 aromatic rings. The van der Waals surface area contributed by atoms with Crippen molar-refractivity contribution in [3.8, 4) is 0 Å². The molecule has 1 unspecified atom stereocenters. The number of carbonyl (C=O) groups is 1. The molecule has 0 aromatic carbocycles. The third-order valence-electron chi connectivity index (χ3n) is 3.44. The van der Waals surface area contributed by atoms with Gasteiger partial charge in [-0.1, -0.05) is 6.07 Å². The van der Waals surface area contributed by atoms with Gasteiger partial charge in [0.05, 0.1) is 6.04 Å². The Morgan fingerprint density at radius 3 is 3.00 bits per heavy atom. The van der Waals surface area contributed by atoms with E-state index in [0.717, 1.165) is 6.42 Å². The van der Waals surface area contributed by atoms with Crippen LogP contribution in [-0.2, 0) is 4.79 Å². The van der Waals surface area contributed by atoms with Gasteiger partial charge in [0.1, 0.15) is 0 Å². The second kappa shape index (κ2) is 5.58. The fraction of sp³-hybridized carbons (Fsp3) is 0.500. The van der Waals surface area contributed by atoms with E-state index < -0.39 is 7.05 Å². The number of hydrogen-bond donors (Lipinski definition) is 2. The average Bonchev–Trinajstić information content (AvgIpc) is 2.84. The molecule has 0 bridgehead atoms. The molecule has 2 heterocycles. The molecular formula is C12H18BN3O3. The van der Waals surface area contributed by atoms with E-state index in [-0.39, 0.29) is 17.5 Å². The van der Waals surface area contributed by atoms with Crippen LogP contribution in [0.1, 0.15) is 18.4 Å². The predicted octanol–water partition coefficient (Wildman–Crippen LogP) is -0.198. The Morgan fingerprint density at radius 2 is 2.32 bits per heavy atom. The summed E-state index contributed by atoms with van der Waals surface area (Å²) < 4.78 is 1.19. The lowest BCUT2D eigenvalue weighted by molar-refractivity contribution is -0.120. The van der Waals surface area contributed by atoms with Crippen molar-refractivity contribution in [1.82, 2.24) is 9.49 Å². The Bertz CT molecular complexity index is 529. The first-order valence-electron chi connectivity index (χ1n) is 6.43. The fourth-order valence-electron chi connectivity index (χ4n) is 2.40. The summed E-state index contributed by atoms with van der Waals surface area (Å²) in [6.45, 7) is 4.03. The van der Waals surface area contributed by atoms with E-state index in [1.807, 2.05) is 0 Å². The Balaban J connectivity index is 2.13. The van der Waals surface area contributed by atoms with Gasteiger partial charge in [0, 0.05) is 11.8 Å². The van der Waals surface area contributed by atoms with E-state index >= 15 is 0 Å². The molecule has 7 heteroatoms. The molecule has 1 amide bonds. The van der Waals surface area contributed by atoms with Crippen molar-refractivity contribution in [3.63, 3.8) is 0 Å². The molecule has 0 spiro atoms. The number of hydrogen-bond acceptors (Lipinski definition) is 4. The Hall–Kier alpha value is -1.60. The lowest BCUT2D eigenvalue weighted by Gasteiger charge is -2.24. The number of rotatable bonds is 3. The highest BCUT2D eigenvalue weighted by Crippen LogP contribution is 2.18. The first kappa shape index (κ1) is 13.8. The zero-order valence-corrected chi connectivity index (χ0v) is 11.2. The van der Waals surface area contributed by atoms with Crippen molar-refractivity contribution in [2.45, 2.75) is 32.6 Å². The van der Waals surface area contributed by atoms with Crippen molar-refractivity contribution in [3.05, 3.63) is 34.2 Å². The molecule has 0 aliphatic carbocycles. The molecule has 1 saturated heterocycles. The summed E-state index contributed by atoms with van der Waals surface area (Å²) in [5.41, 5.74) is 2.92. The second-order valence-corrected chi connectivity index (χ2v) is 4.87. The maximum absolute atomic E-state index is 12.2. The van der Waals surface area contributed by atoms with Crippen LogP contribution in [0.15, 0.2) is 23.1 Å². The maximum Gasteiger partial charge on any atom is 0.377 e. The van der Waals surface area contributed by atoms with Gasteiger partial charge >= 0.3 is 7.05 Å². The normalized spacial score (nSPS) is 19.4. The summed E-state index contributed by atoms with van der Waals surface area (Å²) in [5, 5.41) is 9.61. The lowest BCUT2D eigenvalue weighted by Crippen LogP contribution is -2.49. The number of pyridine rings is 1. The third-order valence-corrected chi connectivity index (χ3v) is 3.44. The monoisotopic (exact) mass is 263 g/mol. The minimum Gasteiger partial charge on any atom is -0.437 e. The highest BCUT2D eigenvalue weighted by atomic mass is 16.2. The molecule has 2 N–H and O–H groups in total. The van der Waals surface area contributed by atoms with Crippen molar-refractivity contribution < 1.29 is 9.82 Å². The number of aromatic nitrogens is 1. The maximum atomic E-state index is 12.2. The molecular weight excluding hydrogens is 245 g/mol. The van der Waals surface area contributed by atoms with E-state index in [4.69, 9.17) is 0 Å². The average molecular weight is 263 g/mol. The van der Waals surface area contributed by atoms with E-state index in [2.05, 4.69) is 5.43 Å². The van der Waals surface area contributed by atoms with Gasteiger partial charge in [0.15, 0.2) is 0 Å². The van der Waals surface area contributed by atoms with E-state index in [0.29, 0.717) is 18.5 Å². The molecule has 2 rings (SSSR count). The van der Waals surface area contributed by atoms with Gasteiger partial charge in [-0.15, -0.1) is 0 Å². The molecule has 1 aliphatic rings. The van der Waals surface area contributed by atoms with Gasteiger partial charge in [-0.05, 0) is 39.2 Å². The van der Waals surface area contributed by atoms with Gasteiger partial charge in [0.25, 0.3) is 11.5 Å². The minimum atomic E-state index is -0.660. The molecule has 1 fully saturated rings. The Morgan fingerprint density at radius 1 is 1.58 bits per heavy atom. The molecule has 102 valence electrons. The van der Waals surface area contributed by atoms with Crippen molar-refractivity contribution in [2.24, 2.45) is 0 Å². The van der Waals surface area contributed by atoms with Gasteiger partial charge < -0.3 is 9.83 Å². The smallest absolute Gasteiger partial charge is 0.377 e. The number of nitrogens with zero attached hydrogens (tertiary/aromatic N) is 2. The van der Waals surface area contributed by atoms with Gasteiger partial charge in [-0.2, -0.15) is 0 Å². The van der Waals surface area contributed by atoms with Gasteiger partial charge in [-0.3, -0.25) is 15.0 Å². The van der Waals surface area contributed by atoms with Crippen LogP contribution in [-0.4, -0.2) is 40.1 Å². The molecule has 0 saturated carbocycles. The summed E-state index contributed by atoms with van der Waals surface area (Å²) in [6, 6.07) is 3.02. The number of aryl methyl sites for hydroxylation is 1. The topological polar surface area (TPSA) is 74.6 Å². The van der Waals surface area contributed by atoms with E-state index in [1.165, 1.54) is 10.9 Å². The first-order valence-corrected chi connectivity index (χ1v) is 6.43. The van der Waals surface area contributed by atoms with E-state index in [1.54, 1.807) is 30.7 Å². The lowest BCUT2D eigenvalue weighted by atomic mass is 9.84. The molecule has 0 radical (unpaired) electrons. The quantitative estimate of drug-likeness (QED) is 0.741. The second-order valence-electron chi connectivity index (χ2n) is 4.87. The van der Waals surface area contributed by atoms with Gasteiger partial charge in [-0.25, -0.2) is 4.68 Å². The van der Waals surface area contributed by atoms with Crippen LogP contribution in [0.25, 0.3) is 0 Å². The first-order chi connectivity index (χ1) is 9.00. The van der Waals surface area contributed by atoms with Gasteiger partial charge in [0.2, 0.25) is 0 Å². The number of carbonyl (C=O) groups excluding carboxylic acids is 1. The molecule has 1 aliphatic heterocycles. The van der Waals surface area contributed by atoms with E-state index in [9.17, 15) is 14.6 Å². The Kier molecular flexibility index (Phi) is 4.06. The van der Waals surface area contributed by atoms with Crippen LogP contribution in [0.2, 0.25) is 6.82 Å². The van der Waals surface area contributed by atoms with Crippen LogP contribution in [0.5, 0.6) is 0 Å². The van der Waals surface area contributed by atoms with Crippen LogP contribution in [0, 0.1) is 6.92 Å². The Labute approximate surface area is 112 Å². The number of amides is 1. The molecule has 6 nitrogen and oxygen atoms in total. The zero-order valence-electron chi connectivity index (χ0n) is 11.2. The largest absolute Gasteiger partial charge is 0.437 e. The molecule has 1 aromatic heterocycles. The minimum absolute atomic E-state index is 0.238. The van der Waals surface area contributed by atoms with Crippen molar-refractivity contribution in [2.75, 3.05) is 12.0 Å². The number of nitrogens with one attached hydrogen (secondary N) is 1. The van der Waals surface area contributed by atoms with Crippen LogP contribution < -0.4 is 11.0 Å².